The third-order valence-electron chi connectivity index (χ3n) is 3.12. The molecule has 1 unspecified atom stereocenters. The molecule has 84 valence electrons. The highest BCUT2D eigenvalue weighted by atomic mass is 16.5. The summed E-state index contributed by atoms with van der Waals surface area (Å²) in [6.45, 7) is 7.55. The van der Waals surface area contributed by atoms with E-state index in [-0.39, 0.29) is 0 Å². The molecule has 1 atom stereocenters. The van der Waals surface area contributed by atoms with Crippen LogP contribution in [-0.4, -0.2) is 25.8 Å². The van der Waals surface area contributed by atoms with Crippen molar-refractivity contribution in [1.29, 1.82) is 0 Å². The molecule has 0 heterocycles. The van der Waals surface area contributed by atoms with Crippen LogP contribution in [0.5, 0.6) is 0 Å². The van der Waals surface area contributed by atoms with Gasteiger partial charge in [0.25, 0.3) is 0 Å². The molecule has 0 amide bonds. The Kier molecular flexibility index (Phi) is 6.20. The van der Waals surface area contributed by atoms with Crippen LogP contribution in [0.25, 0.3) is 0 Å². The maximum absolute atomic E-state index is 5.76. The van der Waals surface area contributed by atoms with E-state index in [0.717, 1.165) is 25.6 Å². The average molecular weight is 199 g/mol. The topological polar surface area (TPSA) is 21.3 Å². The summed E-state index contributed by atoms with van der Waals surface area (Å²) in [4.78, 5) is 0. The molecule has 1 aliphatic carbocycles. The minimum absolute atomic E-state index is 0.570. The van der Waals surface area contributed by atoms with Gasteiger partial charge in [-0.15, -0.1) is 0 Å². The first-order valence-corrected chi connectivity index (χ1v) is 6.15. The molecule has 2 heteroatoms. The minimum Gasteiger partial charge on any atom is -0.377 e. The fraction of sp³-hybridized carbons (Fsp3) is 1.00. The summed E-state index contributed by atoms with van der Waals surface area (Å²) >= 11 is 0. The van der Waals surface area contributed by atoms with Crippen LogP contribution in [0.4, 0.5) is 0 Å². The minimum atomic E-state index is 0.570. The van der Waals surface area contributed by atoms with Gasteiger partial charge in [0.1, 0.15) is 0 Å². The first-order valence-electron chi connectivity index (χ1n) is 6.15. The van der Waals surface area contributed by atoms with Crippen LogP contribution in [0.15, 0.2) is 0 Å². The Hall–Kier alpha value is -0.0800. The molecule has 1 saturated carbocycles. The molecule has 2 nitrogen and oxygen atoms in total. The van der Waals surface area contributed by atoms with Gasteiger partial charge in [0, 0.05) is 6.54 Å². The van der Waals surface area contributed by atoms with Crippen LogP contribution in [0, 0.1) is 5.92 Å². The van der Waals surface area contributed by atoms with Gasteiger partial charge in [-0.25, -0.2) is 0 Å². The zero-order valence-corrected chi connectivity index (χ0v) is 9.72. The summed E-state index contributed by atoms with van der Waals surface area (Å²) in [5, 5.41) is 3.44. The summed E-state index contributed by atoms with van der Waals surface area (Å²) in [5.41, 5.74) is 0. The van der Waals surface area contributed by atoms with E-state index in [1.54, 1.807) is 0 Å². The van der Waals surface area contributed by atoms with E-state index >= 15 is 0 Å². The molecule has 0 aromatic carbocycles. The molecule has 1 rings (SSSR count). The van der Waals surface area contributed by atoms with Gasteiger partial charge in [0.2, 0.25) is 0 Å². The van der Waals surface area contributed by atoms with E-state index in [4.69, 9.17) is 4.74 Å². The van der Waals surface area contributed by atoms with Crippen molar-refractivity contribution in [3.05, 3.63) is 0 Å². The Bertz CT molecular complexity index is 132. The fourth-order valence-electron chi connectivity index (χ4n) is 1.85. The van der Waals surface area contributed by atoms with E-state index in [1.807, 2.05) is 0 Å². The van der Waals surface area contributed by atoms with Crippen LogP contribution in [-0.2, 0) is 4.74 Å². The molecule has 14 heavy (non-hydrogen) atoms. The summed E-state index contributed by atoms with van der Waals surface area (Å²) in [6.07, 6.45) is 7.13. The maximum atomic E-state index is 5.76. The lowest BCUT2D eigenvalue weighted by Gasteiger charge is -2.13. The van der Waals surface area contributed by atoms with Crippen LogP contribution < -0.4 is 5.32 Å². The second-order valence-electron chi connectivity index (χ2n) is 4.49. The fourth-order valence-corrected chi connectivity index (χ4v) is 1.85. The maximum Gasteiger partial charge on any atom is 0.0594 e. The van der Waals surface area contributed by atoms with Gasteiger partial charge in [-0.2, -0.15) is 0 Å². The normalized spacial score (nSPS) is 20.1. The van der Waals surface area contributed by atoms with E-state index in [0.29, 0.717) is 6.10 Å². The summed E-state index contributed by atoms with van der Waals surface area (Å²) in [7, 11) is 0. The van der Waals surface area contributed by atoms with Crippen LogP contribution in [0.2, 0.25) is 0 Å². The smallest absolute Gasteiger partial charge is 0.0594 e. The lowest BCUT2D eigenvalue weighted by Crippen LogP contribution is -2.26. The molecule has 1 aliphatic rings. The van der Waals surface area contributed by atoms with E-state index in [1.165, 1.54) is 32.1 Å². The highest BCUT2D eigenvalue weighted by Crippen LogP contribution is 2.20. The molecule has 0 spiro atoms. The molecule has 1 fully saturated rings. The Labute approximate surface area is 88.4 Å². The lowest BCUT2D eigenvalue weighted by atomic mass is 10.1. The molecule has 0 saturated heterocycles. The third kappa shape index (κ3) is 4.97. The Morgan fingerprint density at radius 3 is 2.71 bits per heavy atom. The molecular weight excluding hydrogens is 174 g/mol. The SMILES string of the molecule is CCC(C)CNCCOC1CCCC1. The average Bonchev–Trinajstić information content (AvgIpc) is 2.69. The van der Waals surface area contributed by atoms with Crippen molar-refractivity contribution < 1.29 is 4.74 Å². The van der Waals surface area contributed by atoms with E-state index in [9.17, 15) is 0 Å². The standard InChI is InChI=1S/C12H25NO/c1-3-11(2)10-13-8-9-14-12-6-4-5-7-12/h11-13H,3-10H2,1-2H3. The number of hydrogen-bond donors (Lipinski definition) is 1. The molecular formula is C12H25NO. The largest absolute Gasteiger partial charge is 0.377 e. The molecule has 0 aromatic heterocycles. The third-order valence-corrected chi connectivity index (χ3v) is 3.12. The van der Waals surface area contributed by atoms with Crippen LogP contribution in [0.3, 0.4) is 0 Å². The second kappa shape index (κ2) is 7.24. The zero-order chi connectivity index (χ0) is 10.2. The Morgan fingerprint density at radius 2 is 2.07 bits per heavy atom. The second-order valence-corrected chi connectivity index (χ2v) is 4.49. The molecule has 1 N–H and O–H groups in total. The number of rotatable bonds is 7. The summed E-state index contributed by atoms with van der Waals surface area (Å²) in [6, 6.07) is 0. The predicted octanol–water partition coefficient (Wildman–Crippen LogP) is 2.58. The number of ether oxygens (including phenoxy) is 1. The van der Waals surface area contributed by atoms with Gasteiger partial charge < -0.3 is 10.1 Å². The van der Waals surface area contributed by atoms with Crippen molar-refractivity contribution in [3.63, 3.8) is 0 Å². The quantitative estimate of drug-likeness (QED) is 0.636. The molecule has 0 aliphatic heterocycles. The first-order chi connectivity index (χ1) is 6.83. The Morgan fingerprint density at radius 1 is 1.36 bits per heavy atom. The summed E-state index contributed by atoms with van der Waals surface area (Å²) < 4.78 is 5.76. The van der Waals surface area contributed by atoms with Crippen molar-refractivity contribution in [2.75, 3.05) is 19.7 Å². The van der Waals surface area contributed by atoms with Gasteiger partial charge >= 0.3 is 0 Å². The van der Waals surface area contributed by atoms with Crippen molar-refractivity contribution >= 4 is 0 Å². The van der Waals surface area contributed by atoms with E-state index in [2.05, 4.69) is 19.2 Å². The van der Waals surface area contributed by atoms with Crippen molar-refractivity contribution in [2.45, 2.75) is 52.1 Å². The number of hydrogen-bond acceptors (Lipinski definition) is 2. The van der Waals surface area contributed by atoms with Gasteiger partial charge in [0.15, 0.2) is 0 Å². The predicted molar refractivity (Wildman–Crippen MR) is 60.5 cm³/mol. The van der Waals surface area contributed by atoms with Gasteiger partial charge in [0.05, 0.1) is 12.7 Å². The van der Waals surface area contributed by atoms with Crippen LogP contribution >= 0.6 is 0 Å². The summed E-state index contributed by atoms with van der Waals surface area (Å²) in [5.74, 6) is 0.793. The van der Waals surface area contributed by atoms with Gasteiger partial charge in [-0.05, 0) is 25.3 Å². The van der Waals surface area contributed by atoms with Crippen molar-refractivity contribution in [2.24, 2.45) is 5.92 Å². The number of nitrogens with one attached hydrogen (secondary N) is 1. The van der Waals surface area contributed by atoms with Gasteiger partial charge in [-0.3, -0.25) is 0 Å². The van der Waals surface area contributed by atoms with Crippen LogP contribution in [0.1, 0.15) is 46.0 Å². The zero-order valence-electron chi connectivity index (χ0n) is 9.72. The Balaban J connectivity index is 1.84. The van der Waals surface area contributed by atoms with Gasteiger partial charge in [-0.1, -0.05) is 33.1 Å². The lowest BCUT2D eigenvalue weighted by molar-refractivity contribution is 0.0601. The van der Waals surface area contributed by atoms with E-state index < -0.39 is 0 Å². The van der Waals surface area contributed by atoms with Crippen molar-refractivity contribution in [1.82, 2.24) is 5.32 Å². The molecule has 0 bridgehead atoms. The first kappa shape index (κ1) is 12.0. The molecule has 0 radical (unpaired) electrons. The van der Waals surface area contributed by atoms with Crippen molar-refractivity contribution in [3.8, 4) is 0 Å². The highest BCUT2D eigenvalue weighted by molar-refractivity contribution is 4.66. The molecule has 0 aromatic rings. The monoisotopic (exact) mass is 199 g/mol. The highest BCUT2D eigenvalue weighted by Gasteiger charge is 2.14.